The van der Waals surface area contributed by atoms with Crippen LogP contribution in [0, 0.1) is 6.92 Å². The summed E-state index contributed by atoms with van der Waals surface area (Å²) >= 11 is 0. The molecule has 148 valence electrons. The van der Waals surface area contributed by atoms with E-state index in [9.17, 15) is 9.59 Å². The van der Waals surface area contributed by atoms with Crippen molar-refractivity contribution in [3.63, 3.8) is 0 Å². The number of aliphatic imine (C=N–C) groups is 1. The quantitative estimate of drug-likeness (QED) is 0.496. The van der Waals surface area contributed by atoms with Crippen molar-refractivity contribution >= 4 is 34.0 Å². The van der Waals surface area contributed by atoms with Crippen LogP contribution in [-0.2, 0) is 9.59 Å². The summed E-state index contributed by atoms with van der Waals surface area (Å²) in [6.07, 6.45) is 0.0835. The van der Waals surface area contributed by atoms with E-state index >= 15 is 0 Å². The first-order valence-corrected chi connectivity index (χ1v) is 9.30. The number of para-hydroxylation sites is 1. The normalized spacial score (nSPS) is 11.2. The molecule has 0 aliphatic rings. The highest BCUT2D eigenvalue weighted by Crippen LogP contribution is 2.20. The molecule has 0 radical (unpaired) electrons. The van der Waals surface area contributed by atoms with Crippen LogP contribution in [0.25, 0.3) is 10.8 Å². The van der Waals surface area contributed by atoms with E-state index in [1.807, 2.05) is 67.6 Å². The Morgan fingerprint density at radius 1 is 0.897 bits per heavy atom. The molecule has 0 saturated carbocycles. The van der Waals surface area contributed by atoms with Gasteiger partial charge in [0.2, 0.25) is 5.91 Å². The van der Waals surface area contributed by atoms with Crippen molar-refractivity contribution in [2.45, 2.75) is 20.3 Å². The minimum atomic E-state index is -0.444. The van der Waals surface area contributed by atoms with Crippen molar-refractivity contribution in [2.24, 2.45) is 4.99 Å². The fourth-order valence-corrected chi connectivity index (χ4v) is 2.79. The fraction of sp³-hybridized carbons (Fsp3) is 0.174. The lowest BCUT2D eigenvalue weighted by Gasteiger charge is -2.09. The molecule has 0 fully saturated rings. The van der Waals surface area contributed by atoms with Crippen molar-refractivity contribution in [1.29, 1.82) is 0 Å². The number of aryl methyl sites for hydroxylation is 1. The molecular formula is C23H23N3O3. The van der Waals surface area contributed by atoms with Gasteiger partial charge in [0.1, 0.15) is 5.75 Å². The van der Waals surface area contributed by atoms with E-state index in [0.717, 1.165) is 22.0 Å². The van der Waals surface area contributed by atoms with Crippen molar-refractivity contribution in [3.05, 3.63) is 72.3 Å². The Hall–Kier alpha value is -3.67. The molecule has 3 aromatic rings. The van der Waals surface area contributed by atoms with Gasteiger partial charge < -0.3 is 4.74 Å². The van der Waals surface area contributed by atoms with Crippen LogP contribution in [0.4, 0.5) is 5.69 Å². The monoisotopic (exact) mass is 389 g/mol. The Bertz CT molecular complexity index is 1060. The number of rotatable bonds is 6. The fourth-order valence-electron chi connectivity index (χ4n) is 2.79. The van der Waals surface area contributed by atoms with Gasteiger partial charge in [0.15, 0.2) is 6.61 Å². The Balaban J connectivity index is 1.44. The Labute approximate surface area is 169 Å². The lowest BCUT2D eigenvalue weighted by atomic mass is 10.1. The lowest BCUT2D eigenvalue weighted by Crippen LogP contribution is -2.44. The molecule has 0 atom stereocenters. The highest BCUT2D eigenvalue weighted by atomic mass is 16.5. The number of nitrogens with zero attached hydrogens (tertiary/aromatic N) is 1. The molecule has 2 amide bonds. The number of amides is 2. The summed E-state index contributed by atoms with van der Waals surface area (Å²) in [4.78, 5) is 28.4. The topological polar surface area (TPSA) is 79.8 Å². The van der Waals surface area contributed by atoms with Gasteiger partial charge in [-0.1, -0.05) is 48.5 Å². The highest BCUT2D eigenvalue weighted by molar-refractivity contribution is 6.01. The van der Waals surface area contributed by atoms with Gasteiger partial charge in [0, 0.05) is 5.71 Å². The van der Waals surface area contributed by atoms with Crippen molar-refractivity contribution in [3.8, 4) is 5.75 Å². The lowest BCUT2D eigenvalue weighted by molar-refractivity contribution is -0.129. The Morgan fingerprint density at radius 3 is 2.38 bits per heavy atom. The molecule has 6 heteroatoms. The van der Waals surface area contributed by atoms with Crippen LogP contribution in [0.5, 0.6) is 5.75 Å². The summed E-state index contributed by atoms with van der Waals surface area (Å²) in [5, 5.41) is 2.13. The average Bonchev–Trinajstić information content (AvgIpc) is 2.72. The number of benzene rings is 3. The maximum atomic E-state index is 12.0. The van der Waals surface area contributed by atoms with Crippen LogP contribution in [0.2, 0.25) is 0 Å². The SMILES string of the molecule is CC(CC(=O)NNC(=O)COc1ccc2ccccc2c1)=Nc1ccccc1C. The van der Waals surface area contributed by atoms with E-state index in [1.54, 1.807) is 13.0 Å². The molecule has 0 saturated heterocycles. The molecule has 6 nitrogen and oxygen atoms in total. The number of carbonyl (C=O) groups is 2. The van der Waals surface area contributed by atoms with Crippen molar-refractivity contribution in [1.82, 2.24) is 10.9 Å². The predicted molar refractivity (Wildman–Crippen MR) is 114 cm³/mol. The largest absolute Gasteiger partial charge is 0.484 e. The summed E-state index contributed by atoms with van der Waals surface area (Å²) in [6.45, 7) is 3.54. The second-order valence-electron chi connectivity index (χ2n) is 6.70. The first-order valence-electron chi connectivity index (χ1n) is 9.30. The molecule has 2 N–H and O–H groups in total. The number of hydrogen-bond acceptors (Lipinski definition) is 4. The highest BCUT2D eigenvalue weighted by Gasteiger charge is 2.08. The second kappa shape index (κ2) is 9.50. The van der Waals surface area contributed by atoms with Crippen LogP contribution in [0.15, 0.2) is 71.7 Å². The average molecular weight is 389 g/mol. The molecule has 0 heterocycles. The molecule has 0 aliphatic heterocycles. The number of ether oxygens (including phenoxy) is 1. The molecule has 0 bridgehead atoms. The molecule has 3 rings (SSSR count). The first-order chi connectivity index (χ1) is 14.0. The van der Waals surface area contributed by atoms with E-state index < -0.39 is 5.91 Å². The number of hydrogen-bond donors (Lipinski definition) is 2. The van der Waals surface area contributed by atoms with Gasteiger partial charge in [-0.15, -0.1) is 0 Å². The van der Waals surface area contributed by atoms with Gasteiger partial charge >= 0.3 is 0 Å². The van der Waals surface area contributed by atoms with Crippen molar-refractivity contribution < 1.29 is 14.3 Å². The molecular weight excluding hydrogens is 366 g/mol. The molecule has 0 aliphatic carbocycles. The number of fused-ring (bicyclic) bond motifs is 1. The number of hydrazine groups is 1. The van der Waals surface area contributed by atoms with Gasteiger partial charge in [0.25, 0.3) is 5.91 Å². The van der Waals surface area contributed by atoms with Crippen LogP contribution in [-0.4, -0.2) is 24.1 Å². The third-order valence-electron chi connectivity index (χ3n) is 4.28. The van der Waals surface area contributed by atoms with Gasteiger partial charge in [-0.05, 0) is 48.4 Å². The zero-order valence-corrected chi connectivity index (χ0v) is 16.4. The Kier molecular flexibility index (Phi) is 6.58. The van der Waals surface area contributed by atoms with Crippen molar-refractivity contribution in [2.75, 3.05) is 6.61 Å². The van der Waals surface area contributed by atoms with Gasteiger partial charge in [-0.2, -0.15) is 0 Å². The zero-order chi connectivity index (χ0) is 20.6. The summed E-state index contributed by atoms with van der Waals surface area (Å²) in [5.41, 5.74) is 7.24. The van der Waals surface area contributed by atoms with Crippen LogP contribution in [0.1, 0.15) is 18.9 Å². The maximum Gasteiger partial charge on any atom is 0.276 e. The van der Waals surface area contributed by atoms with Gasteiger partial charge in [0.05, 0.1) is 12.1 Å². The number of nitrogens with one attached hydrogen (secondary N) is 2. The zero-order valence-electron chi connectivity index (χ0n) is 16.4. The standard InChI is InChI=1S/C23H23N3O3/c1-16-7-3-6-10-21(16)24-17(2)13-22(27)25-26-23(28)15-29-20-12-11-18-8-4-5-9-19(18)14-20/h3-12,14H,13,15H2,1-2H3,(H,25,27)(H,26,28). The van der Waals surface area contributed by atoms with Crippen LogP contribution >= 0.6 is 0 Å². The third kappa shape index (κ3) is 5.90. The Morgan fingerprint density at radius 2 is 1.59 bits per heavy atom. The summed E-state index contributed by atoms with van der Waals surface area (Å²) in [7, 11) is 0. The maximum absolute atomic E-state index is 12.0. The van der Waals surface area contributed by atoms with E-state index in [0.29, 0.717) is 11.5 Å². The molecule has 0 spiro atoms. The summed E-state index contributed by atoms with van der Waals surface area (Å²) in [5.74, 6) is -0.203. The van der Waals surface area contributed by atoms with E-state index in [1.165, 1.54) is 0 Å². The second-order valence-corrected chi connectivity index (χ2v) is 6.70. The molecule has 29 heavy (non-hydrogen) atoms. The minimum Gasteiger partial charge on any atom is -0.484 e. The van der Waals surface area contributed by atoms with E-state index in [-0.39, 0.29) is 18.9 Å². The predicted octanol–water partition coefficient (Wildman–Crippen LogP) is 3.86. The summed E-state index contributed by atoms with van der Waals surface area (Å²) < 4.78 is 5.49. The van der Waals surface area contributed by atoms with E-state index in [4.69, 9.17) is 4.74 Å². The smallest absolute Gasteiger partial charge is 0.276 e. The van der Waals surface area contributed by atoms with Crippen LogP contribution in [0.3, 0.4) is 0 Å². The molecule has 0 unspecified atom stereocenters. The summed E-state index contributed by atoms with van der Waals surface area (Å²) in [6, 6.07) is 21.2. The van der Waals surface area contributed by atoms with Crippen LogP contribution < -0.4 is 15.6 Å². The van der Waals surface area contributed by atoms with Gasteiger partial charge in [-0.25, -0.2) is 0 Å². The molecule has 0 aromatic heterocycles. The molecule has 3 aromatic carbocycles. The van der Waals surface area contributed by atoms with E-state index in [2.05, 4.69) is 15.8 Å². The minimum absolute atomic E-state index is 0.0835. The third-order valence-corrected chi connectivity index (χ3v) is 4.28. The number of carbonyl (C=O) groups excluding carboxylic acids is 2. The first kappa shape index (κ1) is 20.1. The van der Waals surface area contributed by atoms with Gasteiger partial charge in [-0.3, -0.25) is 25.4 Å².